The molecule has 0 aliphatic heterocycles. The van der Waals surface area contributed by atoms with Crippen LogP contribution in [-0.4, -0.2) is 19.1 Å². The Morgan fingerprint density at radius 1 is 0.369 bits per heavy atom. The third-order valence-corrected chi connectivity index (χ3v) is 13.5. The number of aromatic nitrogens is 4. The third kappa shape index (κ3) is 5.51. The zero-order valence-electron chi connectivity index (χ0n) is 35.4. The van der Waals surface area contributed by atoms with Crippen LogP contribution in [0.5, 0.6) is 0 Å². The summed E-state index contributed by atoms with van der Waals surface area (Å²) in [7, 11) is 0. The first kappa shape index (κ1) is 37.0. The van der Waals surface area contributed by atoms with E-state index in [0.717, 1.165) is 67.3 Å². The van der Waals surface area contributed by atoms with Crippen LogP contribution in [0.15, 0.2) is 243 Å². The highest BCUT2D eigenvalue weighted by molar-refractivity contribution is 6.11. The van der Waals surface area contributed by atoms with Gasteiger partial charge in [-0.2, -0.15) is 0 Å². The molecule has 13 rings (SSSR count). The summed E-state index contributed by atoms with van der Waals surface area (Å²) in [5.74, 6) is 0. The number of hydrogen-bond acceptors (Lipinski definition) is 2. The first-order chi connectivity index (χ1) is 32.3. The van der Waals surface area contributed by atoms with Crippen LogP contribution in [0.3, 0.4) is 0 Å². The highest BCUT2D eigenvalue weighted by Crippen LogP contribution is 2.54. The van der Waals surface area contributed by atoms with E-state index in [1.807, 2.05) is 12.4 Å². The number of hydrogen-bond donors (Lipinski definition) is 0. The van der Waals surface area contributed by atoms with Gasteiger partial charge in [0.25, 0.3) is 0 Å². The summed E-state index contributed by atoms with van der Waals surface area (Å²) in [4.78, 5) is 10.9. The fraction of sp³-hybridized carbons (Fsp3) is 0.0164. The third-order valence-electron chi connectivity index (χ3n) is 13.5. The van der Waals surface area contributed by atoms with E-state index in [1.54, 1.807) is 0 Å². The van der Waals surface area contributed by atoms with Gasteiger partial charge in [-0.3, -0.25) is 9.97 Å². The molecule has 0 fully saturated rings. The van der Waals surface area contributed by atoms with Gasteiger partial charge in [-0.05, 0) is 94.1 Å². The van der Waals surface area contributed by atoms with E-state index in [9.17, 15) is 0 Å². The maximum absolute atomic E-state index is 5.43. The standard InChI is InChI=1S/C61H40N4/c1-3-21-43(22-4-1)61(44-23-5-2-6-24-44)52-32-18-37-62-59(52)58(51-31-17-38-63-60(51)61)57(41-19-15-25-45(39-41)64-53-33-11-7-27-47(53)48-28-8-12-34-54(48)64)42-20-16-26-46(40-42)65-55-35-13-9-29-49(55)50-30-10-14-36-56(50)65/h1-40H. The minimum Gasteiger partial charge on any atom is -0.309 e. The van der Waals surface area contributed by atoms with E-state index in [-0.39, 0.29) is 0 Å². The molecule has 0 amide bonds. The van der Waals surface area contributed by atoms with Crippen LogP contribution in [-0.2, 0) is 5.41 Å². The largest absolute Gasteiger partial charge is 0.309 e. The molecule has 4 aromatic heterocycles. The van der Waals surface area contributed by atoms with Gasteiger partial charge in [0.05, 0.1) is 38.9 Å². The SMILES string of the molecule is c1ccc(C2(c3ccccc3)c3cccnc3C(=C(c3cccc(-n4c5ccccc5c5ccccc54)c3)c3cccc(-n4c5ccccc5c5ccccc54)c3)c3cccnc32)cc1. The Labute approximate surface area is 376 Å². The van der Waals surface area contributed by atoms with Gasteiger partial charge in [-0.1, -0.05) is 170 Å². The number of benzene rings is 8. The van der Waals surface area contributed by atoms with Gasteiger partial charge in [0.1, 0.15) is 0 Å². The van der Waals surface area contributed by atoms with Crippen molar-refractivity contribution in [1.29, 1.82) is 0 Å². The molecular weight excluding hydrogens is 789 g/mol. The van der Waals surface area contributed by atoms with Gasteiger partial charge in [0.2, 0.25) is 0 Å². The lowest BCUT2D eigenvalue weighted by molar-refractivity contribution is 0.694. The van der Waals surface area contributed by atoms with E-state index in [4.69, 9.17) is 9.97 Å². The smallest absolute Gasteiger partial charge is 0.0901 e. The Morgan fingerprint density at radius 3 is 1.29 bits per heavy atom. The summed E-state index contributed by atoms with van der Waals surface area (Å²) >= 11 is 0. The molecule has 12 aromatic rings. The van der Waals surface area contributed by atoms with Crippen molar-refractivity contribution in [1.82, 2.24) is 19.1 Å². The number of pyridine rings is 2. The van der Waals surface area contributed by atoms with Crippen LogP contribution < -0.4 is 0 Å². The Kier molecular flexibility index (Phi) is 8.40. The van der Waals surface area contributed by atoms with E-state index in [2.05, 4.69) is 240 Å². The molecule has 0 N–H and O–H groups in total. The molecular formula is C61H40N4. The van der Waals surface area contributed by atoms with Crippen LogP contribution >= 0.6 is 0 Å². The quantitative estimate of drug-likeness (QED) is 0.167. The van der Waals surface area contributed by atoms with Gasteiger partial charge >= 0.3 is 0 Å². The Hall–Kier alpha value is -8.60. The molecule has 0 atom stereocenters. The van der Waals surface area contributed by atoms with Gasteiger partial charge in [0, 0.05) is 56.4 Å². The first-order valence-electron chi connectivity index (χ1n) is 22.2. The van der Waals surface area contributed by atoms with Crippen LogP contribution in [0, 0.1) is 0 Å². The van der Waals surface area contributed by atoms with Gasteiger partial charge in [0.15, 0.2) is 0 Å². The van der Waals surface area contributed by atoms with Gasteiger partial charge in [-0.15, -0.1) is 0 Å². The molecule has 1 aliphatic rings. The van der Waals surface area contributed by atoms with Crippen molar-refractivity contribution in [3.8, 4) is 11.4 Å². The molecule has 4 nitrogen and oxygen atoms in total. The molecule has 0 saturated carbocycles. The summed E-state index contributed by atoms with van der Waals surface area (Å²) in [5.41, 5.74) is 16.7. The predicted octanol–water partition coefficient (Wildman–Crippen LogP) is 14.4. The molecule has 0 spiro atoms. The lowest BCUT2D eigenvalue weighted by atomic mass is 9.61. The van der Waals surface area contributed by atoms with Crippen LogP contribution in [0.4, 0.5) is 0 Å². The number of nitrogens with zero attached hydrogens (tertiary/aromatic N) is 4. The zero-order valence-corrected chi connectivity index (χ0v) is 35.4. The molecule has 65 heavy (non-hydrogen) atoms. The molecule has 4 heterocycles. The fourth-order valence-corrected chi connectivity index (χ4v) is 10.9. The molecule has 0 saturated heterocycles. The monoisotopic (exact) mass is 828 g/mol. The van der Waals surface area contributed by atoms with E-state index in [0.29, 0.717) is 0 Å². The first-order valence-corrected chi connectivity index (χ1v) is 22.2. The normalized spacial score (nSPS) is 13.0. The highest BCUT2D eigenvalue weighted by Gasteiger charge is 2.47. The molecule has 1 aliphatic carbocycles. The van der Waals surface area contributed by atoms with Crippen molar-refractivity contribution in [3.05, 3.63) is 288 Å². The predicted molar refractivity (Wildman–Crippen MR) is 267 cm³/mol. The summed E-state index contributed by atoms with van der Waals surface area (Å²) in [5, 5.41) is 4.92. The minimum absolute atomic E-state index is 0.743. The number of para-hydroxylation sites is 4. The van der Waals surface area contributed by atoms with E-state index in [1.165, 1.54) is 43.6 Å². The maximum atomic E-state index is 5.43. The van der Waals surface area contributed by atoms with Crippen LogP contribution in [0.1, 0.15) is 44.8 Å². The molecule has 0 bridgehead atoms. The van der Waals surface area contributed by atoms with Crippen molar-refractivity contribution in [2.24, 2.45) is 0 Å². The molecule has 0 radical (unpaired) electrons. The lowest BCUT2D eigenvalue weighted by Gasteiger charge is -2.42. The van der Waals surface area contributed by atoms with Crippen molar-refractivity contribution in [2.45, 2.75) is 5.41 Å². The van der Waals surface area contributed by atoms with Crippen LogP contribution in [0.2, 0.25) is 0 Å². The summed E-state index contributed by atoms with van der Waals surface area (Å²) < 4.78 is 4.81. The average Bonchev–Trinajstić information content (AvgIpc) is 3.90. The number of rotatable bonds is 6. The summed E-state index contributed by atoms with van der Waals surface area (Å²) in [6, 6.07) is 83.4. The fourth-order valence-electron chi connectivity index (χ4n) is 10.9. The van der Waals surface area contributed by atoms with Crippen molar-refractivity contribution in [2.75, 3.05) is 0 Å². The summed E-state index contributed by atoms with van der Waals surface area (Å²) in [6.07, 6.45) is 3.89. The van der Waals surface area contributed by atoms with Crippen molar-refractivity contribution < 1.29 is 0 Å². The molecule has 4 heteroatoms. The van der Waals surface area contributed by atoms with Crippen molar-refractivity contribution in [3.63, 3.8) is 0 Å². The second-order valence-corrected chi connectivity index (χ2v) is 16.9. The zero-order chi connectivity index (χ0) is 42.9. The van der Waals surface area contributed by atoms with Gasteiger partial charge in [-0.25, -0.2) is 0 Å². The van der Waals surface area contributed by atoms with Gasteiger partial charge < -0.3 is 9.13 Å². The highest BCUT2D eigenvalue weighted by atomic mass is 15.0. The molecule has 304 valence electrons. The average molecular weight is 829 g/mol. The Bertz CT molecular complexity index is 3480. The van der Waals surface area contributed by atoms with Crippen molar-refractivity contribution >= 4 is 54.8 Å². The van der Waals surface area contributed by atoms with Crippen LogP contribution in [0.25, 0.3) is 66.1 Å². The number of fused-ring (bicyclic) bond motifs is 8. The topological polar surface area (TPSA) is 35.6 Å². The van der Waals surface area contributed by atoms with E-state index < -0.39 is 5.41 Å². The Balaban J connectivity index is 1.15. The minimum atomic E-state index is -0.743. The van der Waals surface area contributed by atoms with E-state index >= 15 is 0 Å². The second-order valence-electron chi connectivity index (χ2n) is 16.9. The maximum Gasteiger partial charge on any atom is 0.0901 e. The molecule has 0 unspecified atom stereocenters. The second kappa shape index (κ2) is 14.8. The lowest BCUT2D eigenvalue weighted by Crippen LogP contribution is -2.37. The molecule has 8 aromatic carbocycles. The summed E-state index contributed by atoms with van der Waals surface area (Å²) in [6.45, 7) is 0. The Morgan fingerprint density at radius 2 is 0.800 bits per heavy atom.